The van der Waals surface area contributed by atoms with Crippen molar-refractivity contribution >= 4 is 21.4 Å². The van der Waals surface area contributed by atoms with Crippen molar-refractivity contribution < 1.29 is 18.3 Å². The first-order valence-electron chi connectivity index (χ1n) is 5.68. The number of nitrogens with two attached hydrogens (primary N) is 2. The molecular weight excluding hydrogens is 270 g/mol. The van der Waals surface area contributed by atoms with Gasteiger partial charge in [0.15, 0.2) is 0 Å². The molecule has 8 heteroatoms. The highest BCUT2D eigenvalue weighted by molar-refractivity contribution is 7.89. The van der Waals surface area contributed by atoms with E-state index in [0.717, 1.165) is 0 Å². The number of hydrogen-bond acceptors (Lipinski definition) is 6. The molecule has 0 aromatic heterocycles. The Morgan fingerprint density at radius 2 is 2.16 bits per heavy atom. The van der Waals surface area contributed by atoms with Gasteiger partial charge in [0.2, 0.25) is 10.0 Å². The van der Waals surface area contributed by atoms with Crippen molar-refractivity contribution in [3.63, 3.8) is 0 Å². The summed E-state index contributed by atoms with van der Waals surface area (Å²) < 4.78 is 27.4. The van der Waals surface area contributed by atoms with E-state index in [1.807, 2.05) is 0 Å². The second-order valence-corrected chi connectivity index (χ2v) is 5.62. The molecule has 1 rings (SSSR count). The first-order valence-corrected chi connectivity index (χ1v) is 7.23. The Balaban J connectivity index is 2.70. The van der Waals surface area contributed by atoms with E-state index < -0.39 is 16.1 Å². The molecule has 0 radical (unpaired) electrons. The summed E-state index contributed by atoms with van der Waals surface area (Å²) in [5.41, 5.74) is 6.28. The molecule has 1 aromatic carbocycles. The van der Waals surface area contributed by atoms with Crippen molar-refractivity contribution in [1.29, 1.82) is 0 Å². The number of methoxy groups -OCH3 is 1. The van der Waals surface area contributed by atoms with E-state index in [2.05, 4.69) is 5.32 Å². The lowest BCUT2D eigenvalue weighted by atomic mass is 10.2. The van der Waals surface area contributed by atoms with Gasteiger partial charge in [0.25, 0.3) is 0 Å². The third-order valence-electron chi connectivity index (χ3n) is 2.52. The molecule has 0 spiro atoms. The maximum Gasteiger partial charge on any atom is 0.240 e. The highest BCUT2D eigenvalue weighted by atomic mass is 32.2. The highest BCUT2D eigenvalue weighted by Gasteiger charge is 2.14. The van der Waals surface area contributed by atoms with Crippen LogP contribution in [0.4, 0.5) is 11.4 Å². The van der Waals surface area contributed by atoms with E-state index >= 15 is 0 Å². The molecule has 1 aromatic rings. The number of rotatable bonds is 7. The number of aliphatic hydroxyl groups is 1. The zero-order chi connectivity index (χ0) is 14.5. The molecule has 0 fully saturated rings. The fraction of sp³-hybridized carbons (Fsp3) is 0.455. The zero-order valence-electron chi connectivity index (χ0n) is 10.7. The summed E-state index contributed by atoms with van der Waals surface area (Å²) >= 11 is 0. The van der Waals surface area contributed by atoms with Gasteiger partial charge in [-0.3, -0.25) is 0 Å². The number of sulfonamides is 1. The minimum absolute atomic E-state index is 0.0752. The van der Waals surface area contributed by atoms with E-state index in [0.29, 0.717) is 18.7 Å². The molecule has 0 saturated heterocycles. The van der Waals surface area contributed by atoms with E-state index in [9.17, 15) is 13.5 Å². The molecule has 1 atom stereocenters. The van der Waals surface area contributed by atoms with Crippen molar-refractivity contribution in [2.24, 2.45) is 5.14 Å². The largest absolute Gasteiger partial charge is 0.396 e. The Bertz CT molecular complexity index is 519. The maximum absolute atomic E-state index is 11.3. The van der Waals surface area contributed by atoms with Crippen LogP contribution >= 0.6 is 0 Å². The van der Waals surface area contributed by atoms with Crippen LogP contribution in [-0.2, 0) is 14.8 Å². The van der Waals surface area contributed by atoms with Gasteiger partial charge in [-0.05, 0) is 18.6 Å². The Morgan fingerprint density at radius 1 is 1.47 bits per heavy atom. The third-order valence-corrected chi connectivity index (χ3v) is 3.49. The first kappa shape index (κ1) is 15.7. The summed E-state index contributed by atoms with van der Waals surface area (Å²) in [4.78, 5) is -0.116. The normalized spacial score (nSPS) is 13.2. The number of hydrogen-bond donors (Lipinski definition) is 4. The molecule has 0 aliphatic heterocycles. The monoisotopic (exact) mass is 289 g/mol. The predicted octanol–water partition coefficient (Wildman–Crippen LogP) is -0.274. The van der Waals surface area contributed by atoms with Gasteiger partial charge in [-0.2, -0.15) is 0 Å². The number of benzene rings is 1. The number of ether oxygens (including phenoxy) is 1. The predicted molar refractivity (Wildman–Crippen MR) is 73.2 cm³/mol. The smallest absolute Gasteiger partial charge is 0.240 e. The Labute approximate surface area is 112 Å². The zero-order valence-corrected chi connectivity index (χ0v) is 11.5. The van der Waals surface area contributed by atoms with Gasteiger partial charge in [0, 0.05) is 13.7 Å². The average Bonchev–Trinajstić information content (AvgIpc) is 2.30. The summed E-state index contributed by atoms with van der Waals surface area (Å²) in [6.45, 7) is 0.678. The Morgan fingerprint density at radius 3 is 2.74 bits per heavy atom. The molecule has 0 aliphatic rings. The van der Waals surface area contributed by atoms with Gasteiger partial charge >= 0.3 is 0 Å². The van der Waals surface area contributed by atoms with Crippen LogP contribution in [0.25, 0.3) is 0 Å². The molecule has 7 nitrogen and oxygen atoms in total. The van der Waals surface area contributed by atoms with Gasteiger partial charge in [0.05, 0.1) is 24.1 Å². The van der Waals surface area contributed by atoms with E-state index in [4.69, 9.17) is 15.6 Å². The van der Waals surface area contributed by atoms with Crippen LogP contribution in [0.1, 0.15) is 6.42 Å². The third kappa shape index (κ3) is 4.67. The minimum Gasteiger partial charge on any atom is -0.396 e. The van der Waals surface area contributed by atoms with Crippen molar-refractivity contribution in [2.45, 2.75) is 17.4 Å². The molecule has 0 heterocycles. The molecule has 108 valence electrons. The molecule has 19 heavy (non-hydrogen) atoms. The van der Waals surface area contributed by atoms with Crippen molar-refractivity contribution in [1.82, 2.24) is 0 Å². The summed E-state index contributed by atoms with van der Waals surface area (Å²) in [5, 5.41) is 17.5. The van der Waals surface area contributed by atoms with Crippen molar-refractivity contribution in [2.75, 3.05) is 31.3 Å². The molecular formula is C11H19N3O4S. The lowest BCUT2D eigenvalue weighted by Crippen LogP contribution is -2.19. The fourth-order valence-electron chi connectivity index (χ4n) is 1.60. The van der Waals surface area contributed by atoms with Crippen molar-refractivity contribution in [3.8, 4) is 0 Å². The van der Waals surface area contributed by atoms with Crippen LogP contribution in [-0.4, -0.2) is 39.9 Å². The van der Waals surface area contributed by atoms with Crippen molar-refractivity contribution in [3.05, 3.63) is 18.2 Å². The summed E-state index contributed by atoms with van der Waals surface area (Å²) in [6.07, 6.45) is -0.132. The molecule has 6 N–H and O–H groups in total. The van der Waals surface area contributed by atoms with Crippen LogP contribution in [0, 0.1) is 0 Å². The number of aliphatic hydroxyl groups excluding tert-OH is 1. The topological polar surface area (TPSA) is 128 Å². The molecule has 0 bridgehead atoms. The quantitative estimate of drug-likeness (QED) is 0.511. The number of nitrogen functional groups attached to an aromatic ring is 1. The first-order chi connectivity index (χ1) is 8.86. The van der Waals surface area contributed by atoms with E-state index in [1.165, 1.54) is 13.2 Å². The van der Waals surface area contributed by atoms with E-state index in [1.54, 1.807) is 12.1 Å². The fourth-order valence-corrected chi connectivity index (χ4v) is 2.28. The average molecular weight is 289 g/mol. The van der Waals surface area contributed by atoms with Crippen LogP contribution < -0.4 is 16.2 Å². The van der Waals surface area contributed by atoms with E-state index in [-0.39, 0.29) is 17.2 Å². The number of para-hydroxylation sites is 1. The SMILES string of the molecule is COCC(O)CCNc1cccc(S(N)(=O)=O)c1N. The number of anilines is 2. The van der Waals surface area contributed by atoms with Gasteiger partial charge < -0.3 is 20.9 Å². The highest BCUT2D eigenvalue weighted by Crippen LogP contribution is 2.25. The van der Waals surface area contributed by atoms with Crippen LogP contribution in [0.3, 0.4) is 0 Å². The van der Waals surface area contributed by atoms with Gasteiger partial charge in [-0.1, -0.05) is 6.07 Å². The van der Waals surface area contributed by atoms with Gasteiger partial charge in [0.1, 0.15) is 4.90 Å². The van der Waals surface area contributed by atoms with Crippen LogP contribution in [0.15, 0.2) is 23.1 Å². The number of primary sulfonamides is 1. The van der Waals surface area contributed by atoms with Gasteiger partial charge in [-0.15, -0.1) is 0 Å². The Hall–Kier alpha value is -1.35. The lowest BCUT2D eigenvalue weighted by Gasteiger charge is -2.13. The van der Waals surface area contributed by atoms with Gasteiger partial charge in [-0.25, -0.2) is 13.6 Å². The van der Waals surface area contributed by atoms with Crippen LogP contribution in [0.2, 0.25) is 0 Å². The maximum atomic E-state index is 11.3. The molecule has 0 saturated carbocycles. The molecule has 0 aliphatic carbocycles. The Kier molecular flexibility index (Phi) is 5.55. The second kappa shape index (κ2) is 6.71. The standard InChI is InChI=1S/C11H19N3O4S/c1-18-7-8(15)5-6-14-9-3-2-4-10(11(9)12)19(13,16)17/h2-4,8,14-15H,5-7,12H2,1H3,(H2,13,16,17). The second-order valence-electron chi connectivity index (χ2n) is 4.09. The molecule has 1 unspecified atom stereocenters. The lowest BCUT2D eigenvalue weighted by molar-refractivity contribution is 0.0615. The summed E-state index contributed by atoms with van der Waals surface area (Å²) in [6, 6.07) is 4.53. The molecule has 0 amide bonds. The van der Waals surface area contributed by atoms with Crippen LogP contribution in [0.5, 0.6) is 0 Å². The summed E-state index contributed by atoms with van der Waals surface area (Å²) in [5.74, 6) is 0. The number of nitrogens with one attached hydrogen (secondary N) is 1. The minimum atomic E-state index is -3.84. The summed E-state index contributed by atoms with van der Waals surface area (Å²) in [7, 11) is -2.34.